The lowest BCUT2D eigenvalue weighted by molar-refractivity contribution is -0.157. The number of hydrogen-bond acceptors (Lipinski definition) is 6. The van der Waals surface area contributed by atoms with Crippen molar-refractivity contribution >= 4 is 43.7 Å². The zero-order chi connectivity index (χ0) is 19.8. The number of hydrogen-bond donors (Lipinski definition) is 2. The third-order valence-electron chi connectivity index (χ3n) is 5.38. The van der Waals surface area contributed by atoms with Crippen molar-refractivity contribution in [3.63, 3.8) is 0 Å². The molecule has 4 atom stereocenters. The molecule has 1 aromatic carbocycles. The molecule has 3 heterocycles. The van der Waals surface area contributed by atoms with Crippen LogP contribution in [0.1, 0.15) is 35.5 Å². The van der Waals surface area contributed by atoms with Crippen molar-refractivity contribution in [3.8, 4) is 5.75 Å². The van der Waals surface area contributed by atoms with Gasteiger partial charge in [-0.1, -0.05) is 18.5 Å². The molecule has 1 saturated heterocycles. The van der Waals surface area contributed by atoms with E-state index in [2.05, 4.69) is 23.6 Å². The van der Waals surface area contributed by atoms with E-state index in [4.69, 9.17) is 21.1 Å². The van der Waals surface area contributed by atoms with Gasteiger partial charge in [0, 0.05) is 27.3 Å². The Hall–Kier alpha value is -1.15. The van der Waals surface area contributed by atoms with Gasteiger partial charge in [-0.2, -0.15) is 0 Å². The predicted molar refractivity (Wildman–Crippen MR) is 115 cm³/mol. The standard InChI is InChI=1S/C21H23ClO4S2/c1-11-5-18(26-19(10-23)20(11)24)15-8-13(16(22)9-17(15)25-2)7-14-6-12-3-4-27-21(12)28-14/h3-4,6,8-9,11,18-20,23-24H,5,7,10H2,1-2H3/t11?,18?,19?,20-/m0/s1. The molecule has 7 heteroatoms. The number of thiophene rings is 2. The average Bonchev–Trinajstić information content (AvgIpc) is 3.26. The molecule has 1 aliphatic heterocycles. The van der Waals surface area contributed by atoms with Crippen molar-refractivity contribution < 1.29 is 19.7 Å². The van der Waals surface area contributed by atoms with E-state index in [1.165, 1.54) is 14.3 Å². The van der Waals surface area contributed by atoms with Crippen molar-refractivity contribution in [3.05, 3.63) is 50.7 Å². The van der Waals surface area contributed by atoms with Crippen molar-refractivity contribution in [1.82, 2.24) is 0 Å². The van der Waals surface area contributed by atoms with E-state index < -0.39 is 12.2 Å². The van der Waals surface area contributed by atoms with E-state index in [0.717, 1.165) is 17.5 Å². The molecule has 4 nitrogen and oxygen atoms in total. The summed E-state index contributed by atoms with van der Waals surface area (Å²) >= 11 is 10.1. The molecular formula is C21H23ClO4S2. The van der Waals surface area contributed by atoms with Crippen LogP contribution in [0, 0.1) is 5.92 Å². The van der Waals surface area contributed by atoms with Crippen molar-refractivity contribution in [1.29, 1.82) is 0 Å². The molecule has 3 aromatic rings. The maximum absolute atomic E-state index is 10.2. The van der Waals surface area contributed by atoms with Crippen LogP contribution in [0.4, 0.5) is 0 Å². The highest BCUT2D eigenvalue weighted by molar-refractivity contribution is 7.37. The summed E-state index contributed by atoms with van der Waals surface area (Å²) in [5, 5.41) is 23.9. The average molecular weight is 439 g/mol. The number of aliphatic hydroxyl groups excluding tert-OH is 2. The van der Waals surface area contributed by atoms with Gasteiger partial charge >= 0.3 is 0 Å². The fraction of sp³-hybridized carbons (Fsp3) is 0.429. The highest BCUT2D eigenvalue weighted by Gasteiger charge is 2.36. The zero-order valence-electron chi connectivity index (χ0n) is 15.7. The number of ether oxygens (including phenoxy) is 2. The number of methoxy groups -OCH3 is 1. The maximum Gasteiger partial charge on any atom is 0.126 e. The SMILES string of the molecule is COc1cc(Cl)c(Cc2cc3ccsc3s2)cc1C1CC(C)[C@H](O)C(CO)O1. The van der Waals surface area contributed by atoms with Gasteiger partial charge in [0.1, 0.15) is 11.9 Å². The smallest absolute Gasteiger partial charge is 0.126 e. The molecule has 1 aliphatic rings. The van der Waals surface area contributed by atoms with Gasteiger partial charge in [-0.3, -0.25) is 0 Å². The normalized spacial score (nSPS) is 25.3. The number of aliphatic hydroxyl groups is 2. The molecule has 150 valence electrons. The minimum Gasteiger partial charge on any atom is -0.496 e. The quantitative estimate of drug-likeness (QED) is 0.586. The first-order valence-electron chi connectivity index (χ1n) is 9.26. The van der Waals surface area contributed by atoms with Crippen LogP contribution >= 0.6 is 34.3 Å². The molecule has 2 N–H and O–H groups in total. The topological polar surface area (TPSA) is 58.9 Å². The summed E-state index contributed by atoms with van der Waals surface area (Å²) in [6.45, 7) is 1.77. The first-order chi connectivity index (χ1) is 13.5. The Morgan fingerprint density at radius 1 is 1.32 bits per heavy atom. The summed E-state index contributed by atoms with van der Waals surface area (Å²) in [6, 6.07) is 8.25. The zero-order valence-corrected chi connectivity index (χ0v) is 18.1. The Morgan fingerprint density at radius 2 is 2.14 bits per heavy atom. The Morgan fingerprint density at radius 3 is 2.86 bits per heavy atom. The summed E-state index contributed by atoms with van der Waals surface area (Å²) in [5.74, 6) is 0.690. The summed E-state index contributed by atoms with van der Waals surface area (Å²) in [4.78, 5) is 1.27. The minimum absolute atomic E-state index is 0.0174. The first kappa shape index (κ1) is 20.1. The second-order valence-corrected chi connectivity index (χ2v) is 10.0. The molecule has 4 rings (SSSR count). The van der Waals surface area contributed by atoms with Gasteiger partial charge in [-0.15, -0.1) is 22.7 Å². The third-order valence-corrected chi connectivity index (χ3v) is 7.94. The fourth-order valence-corrected chi connectivity index (χ4v) is 6.22. The molecule has 0 aliphatic carbocycles. The Balaban J connectivity index is 1.66. The number of rotatable bonds is 5. The maximum atomic E-state index is 10.2. The summed E-state index contributed by atoms with van der Waals surface area (Å²) in [6.07, 6.45) is -0.117. The van der Waals surface area contributed by atoms with E-state index in [-0.39, 0.29) is 18.6 Å². The van der Waals surface area contributed by atoms with E-state index in [0.29, 0.717) is 17.2 Å². The van der Waals surface area contributed by atoms with Gasteiger partial charge in [-0.25, -0.2) is 0 Å². The van der Waals surface area contributed by atoms with Crippen LogP contribution in [0.15, 0.2) is 29.6 Å². The molecule has 2 aromatic heterocycles. The number of fused-ring (bicyclic) bond motifs is 1. The van der Waals surface area contributed by atoms with Gasteiger partial charge < -0.3 is 19.7 Å². The predicted octanol–water partition coefficient (Wildman–Crippen LogP) is 5.03. The molecule has 0 radical (unpaired) electrons. The van der Waals surface area contributed by atoms with Crippen molar-refractivity contribution in [2.75, 3.05) is 13.7 Å². The van der Waals surface area contributed by atoms with Crippen LogP contribution < -0.4 is 4.74 Å². The molecule has 0 amide bonds. The van der Waals surface area contributed by atoms with Crippen molar-refractivity contribution in [2.45, 2.75) is 38.1 Å². The highest BCUT2D eigenvalue weighted by atomic mass is 35.5. The van der Waals surface area contributed by atoms with E-state index >= 15 is 0 Å². The Kier molecular flexibility index (Phi) is 5.97. The molecule has 0 spiro atoms. The first-order valence-corrected chi connectivity index (χ1v) is 11.3. The van der Waals surface area contributed by atoms with Gasteiger partial charge in [0.15, 0.2) is 0 Å². The fourth-order valence-electron chi connectivity index (χ4n) is 3.82. The largest absolute Gasteiger partial charge is 0.496 e. The Labute approximate surface area is 177 Å². The molecule has 0 bridgehead atoms. The van der Waals surface area contributed by atoms with Gasteiger partial charge in [0.2, 0.25) is 0 Å². The lowest BCUT2D eigenvalue weighted by Crippen LogP contribution is -2.43. The van der Waals surface area contributed by atoms with Crippen LogP contribution in [-0.4, -0.2) is 36.1 Å². The molecule has 28 heavy (non-hydrogen) atoms. The molecule has 1 fully saturated rings. The number of benzene rings is 1. The third kappa shape index (κ3) is 3.82. The lowest BCUT2D eigenvalue weighted by atomic mass is 9.87. The summed E-state index contributed by atoms with van der Waals surface area (Å²) in [7, 11) is 1.62. The molecular weight excluding hydrogens is 416 g/mol. The second kappa shape index (κ2) is 8.30. The van der Waals surface area contributed by atoms with E-state index in [1.807, 2.05) is 13.0 Å². The number of halogens is 1. The van der Waals surface area contributed by atoms with E-state index in [9.17, 15) is 10.2 Å². The van der Waals surface area contributed by atoms with Gasteiger partial charge in [0.05, 0.1) is 29.9 Å². The van der Waals surface area contributed by atoms with Gasteiger partial charge in [0.25, 0.3) is 0 Å². The lowest BCUT2D eigenvalue weighted by Gasteiger charge is -2.38. The van der Waals surface area contributed by atoms with Crippen LogP contribution in [0.3, 0.4) is 0 Å². The van der Waals surface area contributed by atoms with Crippen LogP contribution in [0.25, 0.3) is 9.40 Å². The van der Waals surface area contributed by atoms with Crippen LogP contribution in [0.2, 0.25) is 5.02 Å². The Bertz CT molecular complexity index is 938. The second-order valence-electron chi connectivity index (χ2n) is 7.29. The minimum atomic E-state index is -0.668. The van der Waals surface area contributed by atoms with Crippen LogP contribution in [-0.2, 0) is 11.2 Å². The molecule has 3 unspecified atom stereocenters. The summed E-state index contributed by atoms with van der Waals surface area (Å²) in [5.41, 5.74) is 1.94. The highest BCUT2D eigenvalue weighted by Crippen LogP contribution is 2.41. The monoisotopic (exact) mass is 438 g/mol. The van der Waals surface area contributed by atoms with E-state index in [1.54, 1.807) is 29.8 Å². The summed E-state index contributed by atoms with van der Waals surface area (Å²) < 4.78 is 12.9. The van der Waals surface area contributed by atoms with Crippen LogP contribution in [0.5, 0.6) is 5.75 Å². The van der Waals surface area contributed by atoms with Gasteiger partial charge in [-0.05, 0) is 47.5 Å². The molecule has 0 saturated carbocycles. The van der Waals surface area contributed by atoms with Crippen molar-refractivity contribution in [2.24, 2.45) is 5.92 Å².